The third-order valence-corrected chi connectivity index (χ3v) is 7.03. The molecule has 1 saturated carbocycles. The summed E-state index contributed by atoms with van der Waals surface area (Å²) in [7, 11) is 0. The Labute approximate surface area is 159 Å². The molecule has 0 N–H and O–H groups in total. The summed E-state index contributed by atoms with van der Waals surface area (Å²) in [4.78, 5) is 35.1. The lowest BCUT2D eigenvalue weighted by Gasteiger charge is -2.59. The molecule has 7 heteroatoms. The average Bonchev–Trinajstić information content (AvgIpc) is 2.84. The number of hydrogen-bond donors (Lipinski definition) is 0. The third kappa shape index (κ3) is 3.12. The molecule has 5 rings (SSSR count). The van der Waals surface area contributed by atoms with Gasteiger partial charge in [-0.05, 0) is 44.9 Å². The number of ether oxygens (including phenoxy) is 3. The molecule has 2 bridgehead atoms. The van der Waals surface area contributed by atoms with E-state index >= 15 is 0 Å². The first-order valence-electron chi connectivity index (χ1n) is 10.1. The summed E-state index contributed by atoms with van der Waals surface area (Å²) in [6.07, 6.45) is 2.67. The van der Waals surface area contributed by atoms with Crippen molar-refractivity contribution in [3.8, 4) is 0 Å². The molecule has 27 heavy (non-hydrogen) atoms. The van der Waals surface area contributed by atoms with Crippen molar-refractivity contribution in [2.45, 2.75) is 90.2 Å². The molecule has 0 aromatic carbocycles. The van der Waals surface area contributed by atoms with Gasteiger partial charge in [0, 0.05) is 24.7 Å². The molecule has 1 aliphatic carbocycles. The van der Waals surface area contributed by atoms with Crippen molar-refractivity contribution in [2.75, 3.05) is 0 Å². The Morgan fingerprint density at radius 2 is 1.85 bits per heavy atom. The summed E-state index contributed by atoms with van der Waals surface area (Å²) in [5.41, 5.74) is -0.657. The summed E-state index contributed by atoms with van der Waals surface area (Å²) >= 11 is 0. The van der Waals surface area contributed by atoms with Crippen LogP contribution >= 0.6 is 0 Å². The van der Waals surface area contributed by atoms with Gasteiger partial charge in [-0.2, -0.15) is 0 Å². The molecular formula is C20H30O7. The van der Waals surface area contributed by atoms with Crippen LogP contribution in [0.25, 0.3) is 0 Å². The van der Waals surface area contributed by atoms with Crippen LogP contribution < -0.4 is 0 Å². The second-order valence-corrected chi connectivity index (χ2v) is 8.97. The number of carbonyl (C=O) groups excluding carboxylic acids is 2. The van der Waals surface area contributed by atoms with E-state index in [0.29, 0.717) is 5.92 Å². The number of hydrogen-bond acceptors (Lipinski definition) is 7. The predicted molar refractivity (Wildman–Crippen MR) is 92.8 cm³/mol. The highest BCUT2D eigenvalue weighted by molar-refractivity contribution is 5.81. The quantitative estimate of drug-likeness (QED) is 0.546. The number of ketones is 1. The molecule has 4 aliphatic heterocycles. The van der Waals surface area contributed by atoms with E-state index in [-0.39, 0.29) is 36.4 Å². The monoisotopic (exact) mass is 382 g/mol. The minimum absolute atomic E-state index is 0.0319. The van der Waals surface area contributed by atoms with Crippen LogP contribution in [-0.4, -0.2) is 35.7 Å². The Bertz CT molecular complexity index is 621. The lowest BCUT2D eigenvalue weighted by molar-refractivity contribution is -0.576. The fourth-order valence-electron chi connectivity index (χ4n) is 5.47. The van der Waals surface area contributed by atoms with Crippen LogP contribution in [0.2, 0.25) is 0 Å². The highest BCUT2D eigenvalue weighted by Gasteiger charge is 2.69. The first-order valence-corrected chi connectivity index (χ1v) is 10.1. The van der Waals surface area contributed by atoms with Gasteiger partial charge in [-0.15, -0.1) is 0 Å². The van der Waals surface area contributed by atoms with Gasteiger partial charge in [0.2, 0.25) is 12.1 Å². The summed E-state index contributed by atoms with van der Waals surface area (Å²) in [6, 6.07) is 0. The highest BCUT2D eigenvalue weighted by Crippen LogP contribution is 2.60. The summed E-state index contributed by atoms with van der Waals surface area (Å²) in [5, 5.41) is 0. The Balaban J connectivity index is 1.58. The van der Waals surface area contributed by atoms with Crippen LogP contribution in [0.4, 0.5) is 0 Å². The van der Waals surface area contributed by atoms with E-state index in [2.05, 4.69) is 6.92 Å². The summed E-state index contributed by atoms with van der Waals surface area (Å²) in [6.45, 7) is 7.63. The van der Waals surface area contributed by atoms with Crippen molar-refractivity contribution in [1.82, 2.24) is 0 Å². The van der Waals surface area contributed by atoms with Crippen molar-refractivity contribution in [2.24, 2.45) is 23.7 Å². The van der Waals surface area contributed by atoms with E-state index in [0.717, 1.165) is 25.7 Å². The first kappa shape index (κ1) is 19.3. The molecule has 0 radical (unpaired) electrons. The minimum Gasteiger partial charge on any atom is -0.435 e. The van der Waals surface area contributed by atoms with Crippen LogP contribution in [0.3, 0.4) is 0 Å². The Kier molecular flexibility index (Phi) is 4.86. The number of carbonyl (C=O) groups is 2. The summed E-state index contributed by atoms with van der Waals surface area (Å²) < 4.78 is 18.0. The van der Waals surface area contributed by atoms with E-state index in [1.54, 1.807) is 0 Å². The van der Waals surface area contributed by atoms with Gasteiger partial charge in [0.25, 0.3) is 0 Å². The summed E-state index contributed by atoms with van der Waals surface area (Å²) in [5.74, 6) is -0.458. The van der Waals surface area contributed by atoms with Gasteiger partial charge in [0.15, 0.2) is 11.9 Å². The van der Waals surface area contributed by atoms with Crippen LogP contribution in [0.15, 0.2) is 0 Å². The highest BCUT2D eigenvalue weighted by atomic mass is 17.3. The fourth-order valence-corrected chi connectivity index (χ4v) is 5.47. The van der Waals surface area contributed by atoms with Gasteiger partial charge < -0.3 is 19.0 Å². The second-order valence-electron chi connectivity index (χ2n) is 8.97. The zero-order valence-electron chi connectivity index (χ0n) is 16.6. The Morgan fingerprint density at radius 3 is 2.59 bits per heavy atom. The molecule has 5 aliphatic rings. The van der Waals surface area contributed by atoms with E-state index in [9.17, 15) is 9.59 Å². The Morgan fingerprint density at radius 1 is 1.07 bits per heavy atom. The second kappa shape index (κ2) is 6.79. The maximum atomic E-state index is 12.2. The van der Waals surface area contributed by atoms with E-state index in [1.165, 1.54) is 6.92 Å². The van der Waals surface area contributed by atoms with Gasteiger partial charge >= 0.3 is 5.97 Å². The Hall–Kier alpha value is -1.02. The molecule has 7 nitrogen and oxygen atoms in total. The minimum atomic E-state index is -0.846. The zero-order valence-corrected chi connectivity index (χ0v) is 16.6. The van der Waals surface area contributed by atoms with E-state index in [1.807, 2.05) is 13.8 Å². The topological polar surface area (TPSA) is 80.3 Å². The maximum absolute atomic E-state index is 12.2. The zero-order chi connectivity index (χ0) is 19.4. The van der Waals surface area contributed by atoms with Crippen molar-refractivity contribution in [1.29, 1.82) is 0 Å². The molecular weight excluding hydrogens is 352 g/mol. The lowest BCUT2D eigenvalue weighted by atomic mass is 9.58. The third-order valence-electron chi connectivity index (χ3n) is 7.03. The molecule has 0 aromatic heterocycles. The van der Waals surface area contributed by atoms with Crippen LogP contribution in [0.5, 0.6) is 0 Å². The molecule has 152 valence electrons. The van der Waals surface area contributed by atoms with Crippen molar-refractivity contribution < 1.29 is 33.6 Å². The standard InChI is InChI=1S/C20H30O7/c1-11-5-7-15-13(3)17(23-16(22)8-6-12(2)21)24-18-20(15)14(11)9-10-19(4,25-18)26-27-20/h11,13-15,17-18H,5-10H2,1-4H3/t11-,13-,14?,15?,17+,18-,19+,20-/m1/s1. The molecule has 4 saturated heterocycles. The number of rotatable bonds is 4. The average molecular weight is 382 g/mol. The number of Topliss-reactive ketones (excluding diaryl/α,β-unsaturated/α-hetero) is 1. The van der Waals surface area contributed by atoms with Gasteiger partial charge in [-0.3, -0.25) is 4.79 Å². The van der Waals surface area contributed by atoms with Crippen LogP contribution in [0.1, 0.15) is 66.2 Å². The smallest absolute Gasteiger partial charge is 0.308 e. The predicted octanol–water partition coefficient (Wildman–Crippen LogP) is 3.11. The van der Waals surface area contributed by atoms with Crippen LogP contribution in [0, 0.1) is 23.7 Å². The molecule has 4 heterocycles. The molecule has 2 unspecified atom stereocenters. The van der Waals surface area contributed by atoms with Gasteiger partial charge in [-0.1, -0.05) is 13.8 Å². The van der Waals surface area contributed by atoms with Crippen molar-refractivity contribution in [3.63, 3.8) is 0 Å². The molecule has 8 atom stereocenters. The van der Waals surface area contributed by atoms with Gasteiger partial charge in [-0.25, -0.2) is 9.78 Å². The fraction of sp³-hybridized carbons (Fsp3) is 0.900. The van der Waals surface area contributed by atoms with Crippen molar-refractivity contribution >= 4 is 11.8 Å². The first-order chi connectivity index (χ1) is 12.7. The van der Waals surface area contributed by atoms with E-state index < -0.39 is 29.9 Å². The number of fused-ring (bicyclic) bond motifs is 2. The molecule has 0 aromatic rings. The van der Waals surface area contributed by atoms with Crippen LogP contribution in [-0.2, 0) is 33.6 Å². The molecule has 0 amide bonds. The SMILES string of the molecule is CC(=O)CCC(=O)O[C@H]1O[C@@H]2O[C@]3(C)CCC4[C@H](C)CCC([C@H]1C)[C@]42OO3. The van der Waals surface area contributed by atoms with Gasteiger partial charge in [0.1, 0.15) is 5.78 Å². The molecule has 5 fully saturated rings. The van der Waals surface area contributed by atoms with E-state index in [4.69, 9.17) is 24.0 Å². The largest absolute Gasteiger partial charge is 0.435 e. The lowest BCUT2D eigenvalue weighted by Crippen LogP contribution is -2.70. The van der Waals surface area contributed by atoms with Crippen molar-refractivity contribution in [3.05, 3.63) is 0 Å². The van der Waals surface area contributed by atoms with Gasteiger partial charge in [0.05, 0.1) is 6.42 Å². The maximum Gasteiger partial charge on any atom is 0.308 e. The normalized spacial score (nSPS) is 48.4. The molecule has 1 spiro atoms. The number of esters is 1.